The molecule has 32 heavy (non-hydrogen) atoms. The highest BCUT2D eigenvalue weighted by molar-refractivity contribution is 7.14. The molecule has 0 fully saturated rings. The van der Waals surface area contributed by atoms with E-state index in [0.29, 0.717) is 39.9 Å². The van der Waals surface area contributed by atoms with Crippen molar-refractivity contribution in [2.24, 2.45) is 7.05 Å². The number of nitrogens with one attached hydrogen (secondary N) is 1. The highest BCUT2D eigenvalue weighted by Gasteiger charge is 2.18. The predicted octanol–water partition coefficient (Wildman–Crippen LogP) is 4.39. The first-order valence-corrected chi connectivity index (χ1v) is 11.5. The van der Waals surface area contributed by atoms with Crippen LogP contribution < -0.4 is 14.8 Å². The quantitative estimate of drug-likeness (QED) is 0.389. The lowest BCUT2D eigenvalue weighted by Crippen LogP contribution is -2.24. The number of aryl methyl sites for hydroxylation is 1. The minimum Gasteiger partial charge on any atom is -0.497 e. The van der Waals surface area contributed by atoms with Crippen molar-refractivity contribution < 1.29 is 19.1 Å². The van der Waals surface area contributed by atoms with E-state index < -0.39 is 0 Å². The SMILES string of the molecule is COc1ccc(OC)c(-c2cc(C(=O)NCc3ccc(C(=O)c4ccsc4)s3)n(C)n2)c1. The molecule has 3 aromatic heterocycles. The van der Waals surface area contributed by atoms with Gasteiger partial charge in [-0.2, -0.15) is 16.4 Å². The van der Waals surface area contributed by atoms with Crippen LogP contribution in [0.4, 0.5) is 0 Å². The van der Waals surface area contributed by atoms with Crippen LogP contribution in [-0.4, -0.2) is 35.7 Å². The van der Waals surface area contributed by atoms with E-state index in [1.807, 2.05) is 29.0 Å². The number of ether oxygens (including phenoxy) is 2. The van der Waals surface area contributed by atoms with Crippen molar-refractivity contribution in [3.8, 4) is 22.8 Å². The van der Waals surface area contributed by atoms with Crippen LogP contribution in [0.3, 0.4) is 0 Å². The molecule has 4 rings (SSSR count). The van der Waals surface area contributed by atoms with Crippen LogP contribution in [0.1, 0.15) is 30.6 Å². The number of rotatable bonds is 8. The normalized spacial score (nSPS) is 10.7. The van der Waals surface area contributed by atoms with Crippen molar-refractivity contribution in [3.05, 3.63) is 74.2 Å². The molecule has 0 aliphatic rings. The lowest BCUT2D eigenvalue weighted by molar-refractivity contribution is 0.0941. The maximum Gasteiger partial charge on any atom is 0.269 e. The summed E-state index contributed by atoms with van der Waals surface area (Å²) in [4.78, 5) is 26.8. The molecule has 1 N–H and O–H groups in total. The predicted molar refractivity (Wildman–Crippen MR) is 125 cm³/mol. The van der Waals surface area contributed by atoms with Gasteiger partial charge in [-0.15, -0.1) is 11.3 Å². The van der Waals surface area contributed by atoms with Crippen molar-refractivity contribution in [2.45, 2.75) is 6.54 Å². The van der Waals surface area contributed by atoms with Crippen LogP contribution in [0.2, 0.25) is 0 Å². The van der Waals surface area contributed by atoms with Crippen molar-refractivity contribution in [2.75, 3.05) is 14.2 Å². The van der Waals surface area contributed by atoms with Crippen molar-refractivity contribution in [1.82, 2.24) is 15.1 Å². The molecular formula is C23H21N3O4S2. The maximum atomic E-state index is 12.8. The first kappa shape index (κ1) is 21.8. The van der Waals surface area contributed by atoms with Gasteiger partial charge >= 0.3 is 0 Å². The van der Waals surface area contributed by atoms with Gasteiger partial charge in [0.15, 0.2) is 0 Å². The zero-order valence-electron chi connectivity index (χ0n) is 17.7. The monoisotopic (exact) mass is 467 g/mol. The first-order valence-electron chi connectivity index (χ1n) is 9.70. The molecule has 0 saturated heterocycles. The first-order chi connectivity index (χ1) is 15.5. The third-order valence-corrected chi connectivity index (χ3v) is 6.65. The van der Waals surface area contributed by atoms with Crippen LogP contribution in [0, 0.1) is 0 Å². The molecule has 0 aliphatic carbocycles. The Labute approximate surface area is 193 Å². The van der Waals surface area contributed by atoms with Gasteiger partial charge in [0.05, 0.1) is 31.3 Å². The molecule has 0 saturated carbocycles. The number of carbonyl (C=O) groups excluding carboxylic acids is 2. The number of nitrogens with zero attached hydrogens (tertiary/aromatic N) is 2. The Kier molecular flexibility index (Phi) is 6.38. The second-order valence-corrected chi connectivity index (χ2v) is 8.84. The molecule has 0 radical (unpaired) electrons. The zero-order valence-corrected chi connectivity index (χ0v) is 19.4. The number of carbonyl (C=O) groups is 2. The molecule has 1 aromatic carbocycles. The third kappa shape index (κ3) is 4.44. The molecule has 1 amide bonds. The third-order valence-electron chi connectivity index (χ3n) is 4.89. The Morgan fingerprint density at radius 1 is 1.09 bits per heavy atom. The second-order valence-electron chi connectivity index (χ2n) is 6.89. The van der Waals surface area contributed by atoms with E-state index in [0.717, 1.165) is 10.4 Å². The minimum absolute atomic E-state index is 0.00246. The minimum atomic E-state index is -0.257. The van der Waals surface area contributed by atoms with Gasteiger partial charge in [0.25, 0.3) is 5.91 Å². The molecular weight excluding hydrogens is 446 g/mol. The fourth-order valence-electron chi connectivity index (χ4n) is 3.21. The van der Waals surface area contributed by atoms with Crippen molar-refractivity contribution in [3.63, 3.8) is 0 Å². The van der Waals surface area contributed by atoms with Crippen molar-refractivity contribution >= 4 is 34.4 Å². The molecule has 7 nitrogen and oxygen atoms in total. The average Bonchev–Trinajstić information content (AvgIpc) is 3.57. The van der Waals surface area contributed by atoms with Gasteiger partial charge < -0.3 is 14.8 Å². The Balaban J connectivity index is 1.47. The Bertz CT molecular complexity index is 1260. The molecule has 4 aromatic rings. The fraction of sp³-hybridized carbons (Fsp3) is 0.174. The van der Waals surface area contributed by atoms with Gasteiger partial charge in [-0.1, -0.05) is 0 Å². The highest BCUT2D eigenvalue weighted by atomic mass is 32.1. The van der Waals surface area contributed by atoms with E-state index in [1.54, 1.807) is 45.5 Å². The van der Waals surface area contributed by atoms with E-state index in [9.17, 15) is 9.59 Å². The standard InChI is InChI=1S/C23H21N3O4S2/c1-26-19(11-18(25-26)17-10-15(29-2)4-6-20(17)30-3)23(28)24-12-16-5-7-21(32-16)22(27)14-8-9-31-13-14/h4-11,13H,12H2,1-3H3,(H,24,28). The fourth-order valence-corrected chi connectivity index (χ4v) is 4.76. The lowest BCUT2D eigenvalue weighted by Gasteiger charge is -2.08. The van der Waals surface area contributed by atoms with E-state index >= 15 is 0 Å². The molecule has 0 atom stereocenters. The summed E-state index contributed by atoms with van der Waals surface area (Å²) in [5, 5.41) is 11.1. The largest absolute Gasteiger partial charge is 0.497 e. The summed E-state index contributed by atoms with van der Waals surface area (Å²) >= 11 is 2.87. The van der Waals surface area contributed by atoms with Crippen LogP contribution in [0.25, 0.3) is 11.3 Å². The van der Waals surface area contributed by atoms with Gasteiger partial charge in [-0.3, -0.25) is 14.3 Å². The van der Waals surface area contributed by atoms with Gasteiger partial charge in [0.2, 0.25) is 5.78 Å². The molecule has 164 valence electrons. The smallest absolute Gasteiger partial charge is 0.269 e. The second kappa shape index (κ2) is 9.37. The Hall–Kier alpha value is -3.43. The molecule has 0 unspecified atom stereocenters. The van der Waals surface area contributed by atoms with Gasteiger partial charge in [0, 0.05) is 28.4 Å². The molecule has 0 aliphatic heterocycles. The number of aromatic nitrogens is 2. The topological polar surface area (TPSA) is 82.5 Å². The molecule has 0 bridgehead atoms. The van der Waals surface area contributed by atoms with Crippen LogP contribution >= 0.6 is 22.7 Å². The Morgan fingerprint density at radius 3 is 2.66 bits per heavy atom. The summed E-state index contributed by atoms with van der Waals surface area (Å²) in [6.45, 7) is 0.323. The number of ketones is 1. The number of methoxy groups -OCH3 is 2. The van der Waals surface area contributed by atoms with Gasteiger partial charge in [-0.25, -0.2) is 0 Å². The van der Waals surface area contributed by atoms with E-state index in [1.165, 1.54) is 27.4 Å². The summed E-state index contributed by atoms with van der Waals surface area (Å²) in [6.07, 6.45) is 0. The van der Waals surface area contributed by atoms with Crippen LogP contribution in [-0.2, 0) is 13.6 Å². The van der Waals surface area contributed by atoms with Crippen LogP contribution in [0.15, 0.2) is 53.2 Å². The molecule has 3 heterocycles. The number of hydrogen-bond donors (Lipinski definition) is 1. The highest BCUT2D eigenvalue weighted by Crippen LogP contribution is 2.33. The lowest BCUT2D eigenvalue weighted by atomic mass is 10.1. The summed E-state index contributed by atoms with van der Waals surface area (Å²) in [6, 6.07) is 12.6. The summed E-state index contributed by atoms with van der Waals surface area (Å²) in [5.41, 5.74) is 2.43. The van der Waals surface area contributed by atoms with E-state index in [4.69, 9.17) is 9.47 Å². The maximum absolute atomic E-state index is 12.8. The van der Waals surface area contributed by atoms with E-state index in [2.05, 4.69) is 10.4 Å². The molecule has 0 spiro atoms. The molecule has 9 heteroatoms. The van der Waals surface area contributed by atoms with Gasteiger partial charge in [0.1, 0.15) is 17.2 Å². The van der Waals surface area contributed by atoms with Crippen molar-refractivity contribution in [1.29, 1.82) is 0 Å². The van der Waals surface area contributed by atoms with E-state index in [-0.39, 0.29) is 11.7 Å². The summed E-state index contributed by atoms with van der Waals surface area (Å²) in [5.74, 6) is 1.05. The summed E-state index contributed by atoms with van der Waals surface area (Å²) in [7, 11) is 4.89. The number of amides is 1. The zero-order chi connectivity index (χ0) is 22.7. The summed E-state index contributed by atoms with van der Waals surface area (Å²) < 4.78 is 12.3. The number of thiophene rings is 2. The van der Waals surface area contributed by atoms with Crippen LogP contribution in [0.5, 0.6) is 11.5 Å². The Morgan fingerprint density at radius 2 is 1.94 bits per heavy atom. The van der Waals surface area contributed by atoms with Gasteiger partial charge in [-0.05, 0) is 47.8 Å². The number of hydrogen-bond acceptors (Lipinski definition) is 7. The average molecular weight is 468 g/mol. The number of benzene rings is 1.